The lowest BCUT2D eigenvalue weighted by Gasteiger charge is -2.15. The van der Waals surface area contributed by atoms with E-state index in [0.29, 0.717) is 23.9 Å². The highest BCUT2D eigenvalue weighted by Gasteiger charge is 2.24. The second-order valence-corrected chi connectivity index (χ2v) is 3.53. The molecule has 1 saturated heterocycles. The van der Waals surface area contributed by atoms with Crippen LogP contribution in [0.15, 0.2) is 12.3 Å². The molecule has 5 heteroatoms. The highest BCUT2D eigenvalue weighted by Crippen LogP contribution is 2.24. The number of hydrogen-bond donors (Lipinski definition) is 1. The van der Waals surface area contributed by atoms with Crippen LogP contribution in [0.2, 0.25) is 5.02 Å². The molecule has 0 bridgehead atoms. The number of carbonyl (C=O) groups excluding carboxylic acids is 1. The highest BCUT2D eigenvalue weighted by atomic mass is 35.5. The van der Waals surface area contributed by atoms with E-state index in [0.717, 1.165) is 5.56 Å². The van der Waals surface area contributed by atoms with E-state index in [4.69, 9.17) is 11.6 Å². The van der Waals surface area contributed by atoms with Gasteiger partial charge >= 0.3 is 6.03 Å². The van der Waals surface area contributed by atoms with E-state index in [1.54, 1.807) is 17.2 Å². The van der Waals surface area contributed by atoms with Crippen molar-refractivity contribution >= 4 is 23.4 Å². The smallest absolute Gasteiger partial charge is 0.323 e. The molecule has 4 nitrogen and oxygen atoms in total. The lowest BCUT2D eigenvalue weighted by Crippen LogP contribution is -2.29. The normalized spacial score (nSPS) is 15.9. The van der Waals surface area contributed by atoms with Gasteiger partial charge in [0.25, 0.3) is 0 Å². The van der Waals surface area contributed by atoms with Gasteiger partial charge in [-0.1, -0.05) is 11.6 Å². The molecule has 0 atom stereocenters. The van der Waals surface area contributed by atoms with Gasteiger partial charge in [0.1, 0.15) is 5.82 Å². The molecule has 1 aliphatic rings. The molecule has 2 rings (SSSR count). The maximum atomic E-state index is 11.4. The van der Waals surface area contributed by atoms with E-state index in [1.807, 2.05) is 6.92 Å². The van der Waals surface area contributed by atoms with Crippen molar-refractivity contribution in [1.29, 1.82) is 0 Å². The summed E-state index contributed by atoms with van der Waals surface area (Å²) in [7, 11) is 0. The Hall–Kier alpha value is -1.29. The quantitative estimate of drug-likeness (QED) is 0.767. The van der Waals surface area contributed by atoms with Gasteiger partial charge in [-0.15, -0.1) is 0 Å². The van der Waals surface area contributed by atoms with Crippen molar-refractivity contribution in [3.8, 4) is 0 Å². The van der Waals surface area contributed by atoms with E-state index in [1.165, 1.54) is 0 Å². The summed E-state index contributed by atoms with van der Waals surface area (Å²) in [5, 5.41) is 3.35. The monoisotopic (exact) mass is 211 g/mol. The van der Waals surface area contributed by atoms with Gasteiger partial charge in [0.05, 0.1) is 0 Å². The molecule has 2 heterocycles. The van der Waals surface area contributed by atoms with Crippen LogP contribution in [-0.2, 0) is 0 Å². The minimum atomic E-state index is -0.108. The van der Waals surface area contributed by atoms with E-state index < -0.39 is 0 Å². The minimum absolute atomic E-state index is 0.108. The first-order valence-corrected chi connectivity index (χ1v) is 4.74. The number of aromatic nitrogens is 1. The van der Waals surface area contributed by atoms with Crippen LogP contribution < -0.4 is 10.2 Å². The largest absolute Gasteiger partial charge is 0.336 e. The number of halogens is 1. The molecule has 74 valence electrons. The van der Waals surface area contributed by atoms with Gasteiger partial charge < -0.3 is 5.32 Å². The molecule has 0 spiro atoms. The van der Waals surface area contributed by atoms with E-state index in [9.17, 15) is 4.79 Å². The fourth-order valence-electron chi connectivity index (χ4n) is 1.45. The van der Waals surface area contributed by atoms with E-state index in [-0.39, 0.29) is 6.03 Å². The Morgan fingerprint density at radius 3 is 3.07 bits per heavy atom. The van der Waals surface area contributed by atoms with Crippen molar-refractivity contribution in [2.45, 2.75) is 6.92 Å². The van der Waals surface area contributed by atoms with Gasteiger partial charge in [0.15, 0.2) is 0 Å². The molecule has 0 unspecified atom stereocenters. The Morgan fingerprint density at radius 2 is 2.43 bits per heavy atom. The molecular formula is C9H10ClN3O. The molecule has 1 N–H and O–H groups in total. The Bertz CT molecular complexity index is 380. The molecule has 14 heavy (non-hydrogen) atoms. The van der Waals surface area contributed by atoms with Crippen LogP contribution in [0.4, 0.5) is 10.6 Å². The summed E-state index contributed by atoms with van der Waals surface area (Å²) in [6.07, 6.45) is 1.61. The topological polar surface area (TPSA) is 45.2 Å². The van der Waals surface area contributed by atoms with Crippen LogP contribution in [0.3, 0.4) is 0 Å². The molecule has 1 aromatic rings. The van der Waals surface area contributed by atoms with Crippen molar-refractivity contribution in [3.63, 3.8) is 0 Å². The highest BCUT2D eigenvalue weighted by molar-refractivity contribution is 6.31. The first-order chi connectivity index (χ1) is 6.70. The Morgan fingerprint density at radius 1 is 1.64 bits per heavy atom. The van der Waals surface area contributed by atoms with Gasteiger partial charge in [-0.05, 0) is 13.0 Å². The van der Waals surface area contributed by atoms with Crippen molar-refractivity contribution in [2.75, 3.05) is 18.0 Å². The zero-order valence-corrected chi connectivity index (χ0v) is 8.51. The fraction of sp³-hybridized carbons (Fsp3) is 0.333. The summed E-state index contributed by atoms with van der Waals surface area (Å²) < 4.78 is 0. The third kappa shape index (κ3) is 1.42. The Labute approximate surface area is 86.9 Å². The molecule has 0 radical (unpaired) electrons. The second kappa shape index (κ2) is 3.46. The predicted octanol–water partition coefficient (Wildman–Crippen LogP) is 1.57. The summed E-state index contributed by atoms with van der Waals surface area (Å²) in [4.78, 5) is 17.1. The third-order valence-corrected chi connectivity index (χ3v) is 2.63. The molecule has 0 saturated carbocycles. The number of amides is 2. The van der Waals surface area contributed by atoms with Crippen LogP contribution in [0.5, 0.6) is 0 Å². The van der Waals surface area contributed by atoms with E-state index >= 15 is 0 Å². The van der Waals surface area contributed by atoms with Crippen LogP contribution in [0, 0.1) is 6.92 Å². The number of pyridine rings is 1. The van der Waals surface area contributed by atoms with Crippen LogP contribution in [0.1, 0.15) is 5.56 Å². The summed E-state index contributed by atoms with van der Waals surface area (Å²) in [6, 6.07) is 1.61. The van der Waals surface area contributed by atoms with Gasteiger partial charge in [-0.25, -0.2) is 9.78 Å². The second-order valence-electron chi connectivity index (χ2n) is 3.12. The summed E-state index contributed by atoms with van der Waals surface area (Å²) >= 11 is 5.94. The van der Waals surface area contributed by atoms with Gasteiger partial charge in [0.2, 0.25) is 0 Å². The van der Waals surface area contributed by atoms with Gasteiger partial charge in [0, 0.05) is 29.9 Å². The maximum absolute atomic E-state index is 11.4. The average Bonchev–Trinajstić information content (AvgIpc) is 2.57. The summed E-state index contributed by atoms with van der Waals surface area (Å²) in [5.74, 6) is 0.646. The number of nitrogens with zero attached hydrogens (tertiary/aromatic N) is 2. The van der Waals surface area contributed by atoms with Gasteiger partial charge in [-0.2, -0.15) is 0 Å². The number of hydrogen-bond acceptors (Lipinski definition) is 2. The third-order valence-electron chi connectivity index (χ3n) is 2.22. The average molecular weight is 212 g/mol. The lowest BCUT2D eigenvalue weighted by molar-refractivity contribution is 0.252. The number of carbonyl (C=O) groups is 1. The minimum Gasteiger partial charge on any atom is -0.336 e. The SMILES string of the molecule is Cc1c(Cl)ccnc1N1CCNC1=O. The van der Waals surface area contributed by atoms with Crippen molar-refractivity contribution in [3.05, 3.63) is 22.8 Å². The molecule has 0 aromatic carbocycles. The first kappa shape index (κ1) is 9.27. The van der Waals surface area contributed by atoms with Crippen LogP contribution in [0.25, 0.3) is 0 Å². The van der Waals surface area contributed by atoms with E-state index in [2.05, 4.69) is 10.3 Å². The van der Waals surface area contributed by atoms with Crippen molar-refractivity contribution < 1.29 is 4.79 Å². The molecule has 1 fully saturated rings. The van der Waals surface area contributed by atoms with Gasteiger partial charge in [-0.3, -0.25) is 4.90 Å². The number of rotatable bonds is 1. The lowest BCUT2D eigenvalue weighted by atomic mass is 10.3. The fourth-order valence-corrected chi connectivity index (χ4v) is 1.59. The summed E-state index contributed by atoms with van der Waals surface area (Å²) in [6.45, 7) is 3.16. The van der Waals surface area contributed by atoms with Crippen molar-refractivity contribution in [2.24, 2.45) is 0 Å². The maximum Gasteiger partial charge on any atom is 0.323 e. The molecule has 1 aromatic heterocycles. The number of nitrogens with one attached hydrogen (secondary N) is 1. The zero-order valence-electron chi connectivity index (χ0n) is 7.75. The molecular weight excluding hydrogens is 202 g/mol. The first-order valence-electron chi connectivity index (χ1n) is 4.36. The van der Waals surface area contributed by atoms with Crippen LogP contribution in [-0.4, -0.2) is 24.1 Å². The summed E-state index contributed by atoms with van der Waals surface area (Å²) in [5.41, 5.74) is 0.839. The number of anilines is 1. The number of urea groups is 1. The predicted molar refractivity (Wildman–Crippen MR) is 54.7 cm³/mol. The molecule has 0 aliphatic carbocycles. The van der Waals surface area contributed by atoms with Crippen molar-refractivity contribution in [1.82, 2.24) is 10.3 Å². The standard InChI is InChI=1S/C9H10ClN3O/c1-6-7(10)2-3-11-8(6)13-5-4-12-9(13)14/h2-3H,4-5H2,1H3,(H,12,14). The molecule has 1 aliphatic heterocycles. The Balaban J connectivity index is 2.41. The Kier molecular flexibility index (Phi) is 2.29. The zero-order chi connectivity index (χ0) is 10.1. The van der Waals surface area contributed by atoms with Crippen LogP contribution >= 0.6 is 11.6 Å². The molecule has 2 amide bonds.